The smallest absolute Gasteiger partial charge is 0.197 e. The number of Topliss-reactive ketones (excluding diaryl/α,β-unsaturated/α-hetero) is 1. The number of ketones is 1. The average molecular weight is 292 g/mol. The Morgan fingerprint density at radius 3 is 2.68 bits per heavy atom. The van der Waals surface area contributed by atoms with E-state index in [4.69, 9.17) is 4.74 Å². The van der Waals surface area contributed by atoms with Crippen molar-refractivity contribution in [3.63, 3.8) is 0 Å². The zero-order valence-corrected chi connectivity index (χ0v) is 12.2. The van der Waals surface area contributed by atoms with Crippen molar-refractivity contribution in [1.82, 2.24) is 0 Å². The van der Waals surface area contributed by atoms with Crippen LogP contribution in [0.3, 0.4) is 0 Å². The summed E-state index contributed by atoms with van der Waals surface area (Å²) in [5, 5.41) is 9.65. The highest BCUT2D eigenvalue weighted by Crippen LogP contribution is 2.34. The van der Waals surface area contributed by atoms with Crippen molar-refractivity contribution in [2.75, 3.05) is 6.61 Å². The summed E-state index contributed by atoms with van der Waals surface area (Å²) in [6.45, 7) is 2.34. The number of ether oxygens (including phenoxy) is 1. The molecule has 2 aromatic carbocycles. The van der Waals surface area contributed by atoms with Crippen LogP contribution in [0.25, 0.3) is 11.6 Å². The van der Waals surface area contributed by atoms with Crippen LogP contribution in [0.4, 0.5) is 0 Å². The predicted octanol–water partition coefficient (Wildman–Crippen LogP) is 4.18. The highest BCUT2D eigenvalue weighted by Gasteiger charge is 2.21. The van der Waals surface area contributed by atoms with Crippen LogP contribution in [-0.2, 0) is 0 Å². The van der Waals surface area contributed by atoms with Crippen LogP contribution >= 0.6 is 0 Å². The lowest BCUT2D eigenvalue weighted by molar-refractivity contribution is 0.105. The van der Waals surface area contributed by atoms with Crippen molar-refractivity contribution in [3.05, 3.63) is 77.1 Å². The monoisotopic (exact) mass is 292 g/mol. The first-order chi connectivity index (χ1) is 10.7. The molecule has 0 aliphatic carbocycles. The van der Waals surface area contributed by atoms with Crippen LogP contribution in [0.5, 0.6) is 5.75 Å². The van der Waals surface area contributed by atoms with Crippen molar-refractivity contribution in [1.29, 1.82) is 0 Å². The van der Waals surface area contributed by atoms with Gasteiger partial charge < -0.3 is 9.84 Å². The lowest BCUT2D eigenvalue weighted by Crippen LogP contribution is -2.09. The van der Waals surface area contributed by atoms with E-state index in [0.29, 0.717) is 23.5 Å². The maximum atomic E-state index is 12.8. The molecule has 1 aliphatic rings. The Morgan fingerprint density at radius 1 is 1.14 bits per heavy atom. The minimum Gasteiger partial charge on any atom is -0.515 e. The Kier molecular flexibility index (Phi) is 3.79. The number of para-hydroxylation sites is 1. The lowest BCUT2D eigenvalue weighted by Gasteiger charge is -2.17. The second-order valence-corrected chi connectivity index (χ2v) is 5.12. The van der Waals surface area contributed by atoms with Gasteiger partial charge in [-0.15, -0.1) is 0 Å². The second-order valence-electron chi connectivity index (χ2n) is 5.12. The number of aliphatic hydroxyl groups excluding tert-OH is 1. The molecule has 0 unspecified atom stereocenters. The molecule has 0 amide bonds. The number of benzene rings is 2. The van der Waals surface area contributed by atoms with Crippen molar-refractivity contribution in [2.45, 2.75) is 6.92 Å². The van der Waals surface area contributed by atoms with Gasteiger partial charge in [0.25, 0.3) is 0 Å². The summed E-state index contributed by atoms with van der Waals surface area (Å²) in [5.74, 6) is 0.416. The topological polar surface area (TPSA) is 46.5 Å². The zero-order chi connectivity index (χ0) is 15.5. The predicted molar refractivity (Wildman–Crippen MR) is 87.1 cm³/mol. The number of fused-ring (bicyclic) bond motifs is 1. The molecule has 0 saturated carbocycles. The highest BCUT2D eigenvalue weighted by molar-refractivity contribution is 6.29. The van der Waals surface area contributed by atoms with E-state index in [-0.39, 0.29) is 11.4 Å². The van der Waals surface area contributed by atoms with Crippen LogP contribution in [0.2, 0.25) is 0 Å². The fraction of sp³-hybridized carbons (Fsp3) is 0.105. The molecular formula is C19H16O3. The maximum Gasteiger partial charge on any atom is 0.197 e. The third-order valence-electron chi connectivity index (χ3n) is 3.72. The van der Waals surface area contributed by atoms with Crippen molar-refractivity contribution in [2.24, 2.45) is 0 Å². The van der Waals surface area contributed by atoms with Crippen LogP contribution in [0, 0.1) is 6.92 Å². The third-order valence-corrected chi connectivity index (χ3v) is 3.72. The molecule has 0 aromatic heterocycles. The van der Waals surface area contributed by atoms with Crippen molar-refractivity contribution < 1.29 is 14.6 Å². The van der Waals surface area contributed by atoms with Gasteiger partial charge in [0.2, 0.25) is 0 Å². The standard InChI is InChI=1S/C19H16O3/c1-13-6-2-3-9-15(13)18(21)17(12-20)16-10-4-7-14-8-5-11-22-19(14)16/h2-10,12,20H,11H2,1H3/b17-12-. The molecule has 0 bridgehead atoms. The van der Waals surface area contributed by atoms with Gasteiger partial charge in [-0.3, -0.25) is 4.79 Å². The molecule has 1 N–H and O–H groups in total. The number of carbonyl (C=O) groups excluding carboxylic acids is 1. The van der Waals surface area contributed by atoms with E-state index in [1.165, 1.54) is 0 Å². The van der Waals surface area contributed by atoms with Gasteiger partial charge in [-0.2, -0.15) is 0 Å². The summed E-state index contributed by atoms with van der Waals surface area (Å²) in [6.07, 6.45) is 4.74. The first-order valence-electron chi connectivity index (χ1n) is 7.10. The van der Waals surface area contributed by atoms with Gasteiger partial charge in [-0.05, 0) is 18.6 Å². The van der Waals surface area contributed by atoms with E-state index >= 15 is 0 Å². The van der Waals surface area contributed by atoms with Gasteiger partial charge in [-0.1, -0.05) is 48.5 Å². The molecule has 1 heterocycles. The zero-order valence-electron chi connectivity index (χ0n) is 12.2. The number of carbonyl (C=O) groups is 1. The minimum absolute atomic E-state index is 0.216. The molecule has 3 rings (SSSR count). The maximum absolute atomic E-state index is 12.8. The Hall–Kier alpha value is -2.81. The Morgan fingerprint density at radius 2 is 1.91 bits per heavy atom. The number of hydrogen-bond acceptors (Lipinski definition) is 3. The number of aliphatic hydroxyl groups is 1. The fourth-order valence-electron chi connectivity index (χ4n) is 2.59. The van der Waals surface area contributed by atoms with E-state index in [0.717, 1.165) is 17.4 Å². The van der Waals surface area contributed by atoms with Gasteiger partial charge in [0, 0.05) is 16.7 Å². The van der Waals surface area contributed by atoms with Crippen LogP contribution in [0.15, 0.2) is 54.8 Å². The minimum atomic E-state index is -0.216. The van der Waals surface area contributed by atoms with Gasteiger partial charge in [0.1, 0.15) is 12.4 Å². The number of hydrogen-bond donors (Lipinski definition) is 1. The summed E-state index contributed by atoms with van der Waals surface area (Å²) in [7, 11) is 0. The SMILES string of the molecule is Cc1ccccc1C(=O)/C(=C\O)c1cccc2c1OCC=C2. The Labute approximate surface area is 129 Å². The molecule has 3 nitrogen and oxygen atoms in total. The highest BCUT2D eigenvalue weighted by atomic mass is 16.5. The molecule has 0 atom stereocenters. The fourth-order valence-corrected chi connectivity index (χ4v) is 2.59. The quantitative estimate of drug-likeness (QED) is 0.524. The largest absolute Gasteiger partial charge is 0.515 e. The molecule has 22 heavy (non-hydrogen) atoms. The van der Waals surface area contributed by atoms with Gasteiger partial charge in [0.15, 0.2) is 5.78 Å². The molecular weight excluding hydrogens is 276 g/mol. The van der Waals surface area contributed by atoms with E-state index in [9.17, 15) is 9.90 Å². The average Bonchev–Trinajstić information content (AvgIpc) is 2.56. The first-order valence-corrected chi connectivity index (χ1v) is 7.10. The van der Waals surface area contributed by atoms with Gasteiger partial charge in [0.05, 0.1) is 11.8 Å². The Balaban J connectivity index is 2.09. The molecule has 110 valence electrons. The lowest BCUT2D eigenvalue weighted by atomic mass is 9.93. The molecule has 2 aromatic rings. The van der Waals surface area contributed by atoms with Crippen molar-refractivity contribution in [3.8, 4) is 5.75 Å². The van der Waals surface area contributed by atoms with Gasteiger partial charge >= 0.3 is 0 Å². The molecule has 0 spiro atoms. The molecule has 0 fully saturated rings. The summed E-state index contributed by atoms with van der Waals surface area (Å²) in [4.78, 5) is 12.8. The Bertz CT molecular complexity index is 785. The molecule has 0 saturated heterocycles. The summed E-state index contributed by atoms with van der Waals surface area (Å²) < 4.78 is 5.66. The number of rotatable bonds is 3. The number of aryl methyl sites for hydroxylation is 1. The van der Waals surface area contributed by atoms with Crippen LogP contribution in [0.1, 0.15) is 27.0 Å². The van der Waals surface area contributed by atoms with E-state index in [1.807, 2.05) is 49.4 Å². The van der Waals surface area contributed by atoms with E-state index in [1.54, 1.807) is 12.1 Å². The van der Waals surface area contributed by atoms with E-state index < -0.39 is 0 Å². The molecule has 0 radical (unpaired) electrons. The normalized spacial score (nSPS) is 13.4. The van der Waals surface area contributed by atoms with Crippen LogP contribution in [-0.4, -0.2) is 17.5 Å². The van der Waals surface area contributed by atoms with Crippen molar-refractivity contribution >= 4 is 17.4 Å². The second kappa shape index (κ2) is 5.90. The summed E-state index contributed by atoms with van der Waals surface area (Å²) in [6, 6.07) is 12.9. The van der Waals surface area contributed by atoms with Crippen LogP contribution < -0.4 is 4.74 Å². The third kappa shape index (κ3) is 2.42. The summed E-state index contributed by atoms with van der Waals surface area (Å²) in [5.41, 5.74) is 3.20. The molecule has 1 aliphatic heterocycles. The van der Waals surface area contributed by atoms with E-state index in [2.05, 4.69) is 0 Å². The summed E-state index contributed by atoms with van der Waals surface area (Å²) >= 11 is 0. The van der Waals surface area contributed by atoms with Gasteiger partial charge in [-0.25, -0.2) is 0 Å². The number of allylic oxidation sites excluding steroid dienone is 1. The first kappa shape index (κ1) is 14.1. The molecule has 3 heteroatoms.